The molecule has 0 saturated carbocycles. The highest BCUT2D eigenvalue weighted by atomic mass is 32.1. The number of ether oxygens (including phenoxy) is 3. The Kier molecular flexibility index (Phi) is 6.63. The van der Waals surface area contributed by atoms with Gasteiger partial charge in [-0.25, -0.2) is 14.2 Å². The van der Waals surface area contributed by atoms with Crippen LogP contribution in [-0.2, 0) is 17.6 Å². The van der Waals surface area contributed by atoms with Gasteiger partial charge in [0.15, 0.2) is 17.2 Å². The van der Waals surface area contributed by atoms with Crippen LogP contribution in [0.4, 0.5) is 4.39 Å². The first-order valence-corrected chi connectivity index (χ1v) is 9.66. The molecule has 9 heteroatoms. The quantitative estimate of drug-likeness (QED) is 0.544. The summed E-state index contributed by atoms with van der Waals surface area (Å²) in [6, 6.07) is 8.98. The lowest BCUT2D eigenvalue weighted by atomic mass is 10.1. The number of aromatic nitrogens is 1. The molecule has 0 aliphatic rings. The zero-order valence-corrected chi connectivity index (χ0v) is 17.0. The van der Waals surface area contributed by atoms with E-state index in [0.717, 1.165) is 11.3 Å². The van der Waals surface area contributed by atoms with Gasteiger partial charge in [0, 0.05) is 17.4 Å². The number of Topliss-reactive ketones (excluding diaryl/α,β-unsaturated/α-hetero) is 1. The second-order valence-corrected chi connectivity index (χ2v) is 7.11. The molecular weight excluding hydrogens is 413 g/mol. The number of carbonyl (C=O) groups excluding carboxylic acids is 1. The molecule has 0 spiro atoms. The number of carboxylic acid groups (broad SMARTS) is 1. The maximum atomic E-state index is 13.8. The van der Waals surface area contributed by atoms with Gasteiger partial charge in [0.05, 0.1) is 20.6 Å². The van der Waals surface area contributed by atoms with E-state index in [1.165, 1.54) is 37.8 Å². The number of carboxylic acids is 1. The van der Waals surface area contributed by atoms with Crippen LogP contribution >= 0.6 is 11.3 Å². The van der Waals surface area contributed by atoms with Gasteiger partial charge in [0.2, 0.25) is 5.75 Å². The SMILES string of the molecule is COc1cccc(Oc2ccc(F)cc2CC(=O)Cc2nc(C(=O)O)cs2)c1OC. The van der Waals surface area contributed by atoms with E-state index in [2.05, 4.69) is 4.98 Å². The zero-order valence-electron chi connectivity index (χ0n) is 16.2. The lowest BCUT2D eigenvalue weighted by molar-refractivity contribution is -0.117. The Balaban J connectivity index is 1.82. The number of thiazole rings is 1. The summed E-state index contributed by atoms with van der Waals surface area (Å²) < 4.78 is 30.3. The van der Waals surface area contributed by atoms with Crippen LogP contribution in [0, 0.1) is 5.82 Å². The molecule has 0 atom stereocenters. The number of para-hydroxylation sites is 1. The number of carbonyl (C=O) groups is 2. The first-order valence-electron chi connectivity index (χ1n) is 8.78. The molecule has 156 valence electrons. The van der Waals surface area contributed by atoms with Crippen molar-refractivity contribution in [3.63, 3.8) is 0 Å². The van der Waals surface area contributed by atoms with Crippen LogP contribution in [0.3, 0.4) is 0 Å². The smallest absolute Gasteiger partial charge is 0.355 e. The van der Waals surface area contributed by atoms with Crippen molar-refractivity contribution in [1.29, 1.82) is 0 Å². The number of aromatic carboxylic acids is 1. The van der Waals surface area contributed by atoms with E-state index in [9.17, 15) is 14.0 Å². The normalized spacial score (nSPS) is 10.5. The maximum absolute atomic E-state index is 13.8. The van der Waals surface area contributed by atoms with Gasteiger partial charge in [-0.15, -0.1) is 11.3 Å². The van der Waals surface area contributed by atoms with Crippen molar-refractivity contribution < 1.29 is 33.3 Å². The molecule has 0 bridgehead atoms. The van der Waals surface area contributed by atoms with Crippen LogP contribution < -0.4 is 14.2 Å². The number of benzene rings is 2. The van der Waals surface area contributed by atoms with E-state index >= 15 is 0 Å². The predicted octanol–water partition coefficient (Wildman–Crippen LogP) is 4.14. The summed E-state index contributed by atoms with van der Waals surface area (Å²) in [6.45, 7) is 0. The third-order valence-electron chi connectivity index (χ3n) is 4.12. The molecule has 3 aromatic rings. The number of nitrogens with zero attached hydrogens (tertiary/aromatic N) is 1. The van der Waals surface area contributed by atoms with E-state index in [-0.39, 0.29) is 24.3 Å². The zero-order chi connectivity index (χ0) is 21.7. The highest BCUT2D eigenvalue weighted by Crippen LogP contribution is 2.40. The molecule has 0 amide bonds. The van der Waals surface area contributed by atoms with Gasteiger partial charge in [-0.3, -0.25) is 4.79 Å². The minimum atomic E-state index is -1.15. The molecule has 0 aliphatic heterocycles. The number of rotatable bonds is 9. The molecule has 0 radical (unpaired) electrons. The van der Waals surface area contributed by atoms with E-state index in [4.69, 9.17) is 19.3 Å². The molecule has 3 rings (SSSR count). The van der Waals surface area contributed by atoms with Crippen LogP contribution in [-0.4, -0.2) is 36.1 Å². The average Bonchev–Trinajstić information content (AvgIpc) is 3.18. The third-order valence-corrected chi connectivity index (χ3v) is 4.96. The standard InChI is InChI=1S/C21H18FNO6S/c1-27-17-4-3-5-18(20(17)28-2)29-16-7-6-13(22)8-12(16)9-14(24)10-19-23-15(11-30-19)21(25)26/h3-8,11H,9-10H2,1-2H3,(H,25,26). The Morgan fingerprint density at radius 2 is 1.83 bits per heavy atom. The summed E-state index contributed by atoms with van der Waals surface area (Å²) in [5, 5.41) is 10.7. The molecule has 0 fully saturated rings. The van der Waals surface area contributed by atoms with Crippen LogP contribution in [0.15, 0.2) is 41.8 Å². The summed E-state index contributed by atoms with van der Waals surface area (Å²) in [5.74, 6) is -0.444. The molecule has 1 heterocycles. The first kappa shape index (κ1) is 21.3. The summed E-state index contributed by atoms with van der Waals surface area (Å²) >= 11 is 1.09. The maximum Gasteiger partial charge on any atom is 0.355 e. The van der Waals surface area contributed by atoms with Crippen LogP contribution in [0.1, 0.15) is 21.1 Å². The van der Waals surface area contributed by atoms with Crippen LogP contribution in [0.2, 0.25) is 0 Å². The summed E-state index contributed by atoms with van der Waals surface area (Å²) in [5.41, 5.74) is 0.239. The number of hydrogen-bond donors (Lipinski definition) is 1. The number of methoxy groups -OCH3 is 2. The minimum absolute atomic E-state index is 0.0591. The van der Waals surface area contributed by atoms with Gasteiger partial charge >= 0.3 is 5.97 Å². The van der Waals surface area contributed by atoms with Crippen LogP contribution in [0.25, 0.3) is 0 Å². The Hall–Kier alpha value is -3.46. The topological polar surface area (TPSA) is 95.0 Å². The Morgan fingerprint density at radius 1 is 1.07 bits per heavy atom. The van der Waals surface area contributed by atoms with Gasteiger partial charge in [-0.05, 0) is 30.3 Å². The average molecular weight is 431 g/mol. The van der Waals surface area contributed by atoms with Gasteiger partial charge in [0.1, 0.15) is 22.4 Å². The van der Waals surface area contributed by atoms with Gasteiger partial charge in [-0.1, -0.05) is 6.07 Å². The molecular formula is C21H18FNO6S. The molecule has 1 aromatic heterocycles. The van der Waals surface area contributed by atoms with Crippen molar-refractivity contribution in [1.82, 2.24) is 4.98 Å². The van der Waals surface area contributed by atoms with E-state index in [1.807, 2.05) is 0 Å². The Labute approximate surface area is 175 Å². The monoisotopic (exact) mass is 431 g/mol. The Morgan fingerprint density at radius 3 is 2.50 bits per heavy atom. The minimum Gasteiger partial charge on any atom is -0.493 e. The summed E-state index contributed by atoms with van der Waals surface area (Å²) in [7, 11) is 2.97. The van der Waals surface area contributed by atoms with E-state index < -0.39 is 11.8 Å². The fourth-order valence-electron chi connectivity index (χ4n) is 2.78. The highest BCUT2D eigenvalue weighted by Gasteiger charge is 2.17. The Bertz CT molecular complexity index is 1080. The van der Waals surface area contributed by atoms with Gasteiger partial charge in [0.25, 0.3) is 0 Å². The summed E-state index contributed by atoms with van der Waals surface area (Å²) in [4.78, 5) is 27.3. The summed E-state index contributed by atoms with van der Waals surface area (Å²) in [6.07, 6.45) is -0.169. The fraction of sp³-hybridized carbons (Fsp3) is 0.190. The lowest BCUT2D eigenvalue weighted by Gasteiger charge is -2.15. The fourth-order valence-corrected chi connectivity index (χ4v) is 3.57. The number of halogens is 1. The van der Waals surface area contributed by atoms with Gasteiger partial charge in [-0.2, -0.15) is 0 Å². The molecule has 0 saturated heterocycles. The van der Waals surface area contributed by atoms with Crippen molar-refractivity contribution in [3.05, 3.63) is 63.9 Å². The van der Waals surface area contributed by atoms with Crippen LogP contribution in [0.5, 0.6) is 23.0 Å². The molecule has 2 aromatic carbocycles. The molecule has 0 unspecified atom stereocenters. The molecule has 7 nitrogen and oxygen atoms in total. The highest BCUT2D eigenvalue weighted by molar-refractivity contribution is 7.09. The van der Waals surface area contributed by atoms with E-state index in [1.54, 1.807) is 18.2 Å². The predicted molar refractivity (Wildman–Crippen MR) is 108 cm³/mol. The largest absolute Gasteiger partial charge is 0.493 e. The number of hydrogen-bond acceptors (Lipinski definition) is 7. The van der Waals surface area contributed by atoms with Crippen molar-refractivity contribution >= 4 is 23.1 Å². The second kappa shape index (κ2) is 9.36. The van der Waals surface area contributed by atoms with Crippen molar-refractivity contribution in [2.45, 2.75) is 12.8 Å². The molecule has 1 N–H and O–H groups in total. The lowest BCUT2D eigenvalue weighted by Crippen LogP contribution is -2.08. The third kappa shape index (κ3) is 4.93. The number of ketones is 1. The first-order chi connectivity index (χ1) is 14.4. The molecule has 30 heavy (non-hydrogen) atoms. The van der Waals surface area contributed by atoms with Crippen molar-refractivity contribution in [2.24, 2.45) is 0 Å². The van der Waals surface area contributed by atoms with Crippen molar-refractivity contribution in [2.75, 3.05) is 14.2 Å². The van der Waals surface area contributed by atoms with Gasteiger partial charge < -0.3 is 19.3 Å². The molecule has 0 aliphatic carbocycles. The van der Waals surface area contributed by atoms with E-state index in [0.29, 0.717) is 33.6 Å². The second-order valence-electron chi connectivity index (χ2n) is 6.17. The van der Waals surface area contributed by atoms with Crippen molar-refractivity contribution in [3.8, 4) is 23.0 Å².